The van der Waals surface area contributed by atoms with Gasteiger partial charge in [-0.3, -0.25) is 9.10 Å². The summed E-state index contributed by atoms with van der Waals surface area (Å²) in [5.41, 5.74) is 1.40. The highest BCUT2D eigenvalue weighted by Crippen LogP contribution is 2.32. The molecular weight excluding hydrogens is 459 g/mol. The van der Waals surface area contributed by atoms with Crippen LogP contribution in [-0.4, -0.2) is 39.8 Å². The number of ether oxygens (including phenoxy) is 1. The molecule has 0 bridgehead atoms. The summed E-state index contributed by atoms with van der Waals surface area (Å²) in [5, 5.41) is 3.19. The van der Waals surface area contributed by atoms with Gasteiger partial charge in [0.2, 0.25) is 15.9 Å². The number of rotatable bonds is 8. The van der Waals surface area contributed by atoms with Crippen molar-refractivity contribution in [1.29, 1.82) is 0 Å². The summed E-state index contributed by atoms with van der Waals surface area (Å²) in [4.78, 5) is 12.6. The quantitative estimate of drug-likeness (QED) is 0.551. The lowest BCUT2D eigenvalue weighted by molar-refractivity contribution is -0.121. The second-order valence-corrected chi connectivity index (χ2v) is 10.9. The number of carbonyl (C=O) groups is 1. The topological polar surface area (TPSA) is 75.7 Å². The maximum absolute atomic E-state index is 12.6. The number of carbonyl (C=O) groups excluding carboxylic acids is 1. The number of sulfonamides is 1. The fourth-order valence-electron chi connectivity index (χ4n) is 2.98. The molecule has 0 heterocycles. The second-order valence-electron chi connectivity index (χ2n) is 8.24. The molecule has 0 aliphatic heterocycles. The first-order chi connectivity index (χ1) is 14.3. The van der Waals surface area contributed by atoms with E-state index in [-0.39, 0.29) is 29.3 Å². The molecule has 0 saturated carbocycles. The van der Waals surface area contributed by atoms with Crippen LogP contribution in [0.4, 0.5) is 5.69 Å². The first-order valence-electron chi connectivity index (χ1n) is 9.76. The van der Waals surface area contributed by atoms with E-state index >= 15 is 0 Å². The number of nitrogens with zero attached hydrogens (tertiary/aromatic N) is 1. The van der Waals surface area contributed by atoms with Gasteiger partial charge in [-0.2, -0.15) is 0 Å². The van der Waals surface area contributed by atoms with Crippen LogP contribution in [0, 0.1) is 0 Å². The molecule has 0 unspecified atom stereocenters. The van der Waals surface area contributed by atoms with Crippen molar-refractivity contribution < 1.29 is 17.9 Å². The van der Waals surface area contributed by atoms with E-state index in [0.717, 1.165) is 10.6 Å². The summed E-state index contributed by atoms with van der Waals surface area (Å²) in [7, 11) is -3.79. The van der Waals surface area contributed by atoms with Gasteiger partial charge in [0, 0.05) is 5.02 Å². The monoisotopic (exact) mass is 486 g/mol. The molecule has 1 N–H and O–H groups in total. The SMILES string of the molecule is C[C@@H](C(=O)NCCOc1ccc(C(C)(C)C)cc1)N(c1cc(Cl)ccc1Cl)S(C)(=O)=O. The Balaban J connectivity index is 1.99. The molecule has 2 rings (SSSR count). The normalized spacial score (nSPS) is 12.9. The molecule has 0 fully saturated rings. The number of hydrogen-bond donors (Lipinski definition) is 1. The first-order valence-corrected chi connectivity index (χ1v) is 12.4. The van der Waals surface area contributed by atoms with Crippen molar-refractivity contribution >= 4 is 44.8 Å². The third-order valence-corrected chi connectivity index (χ3v) is 6.41. The maximum Gasteiger partial charge on any atom is 0.243 e. The predicted octanol–water partition coefficient (Wildman–Crippen LogP) is 4.64. The molecule has 31 heavy (non-hydrogen) atoms. The van der Waals surface area contributed by atoms with Gasteiger partial charge in [-0.05, 0) is 48.2 Å². The summed E-state index contributed by atoms with van der Waals surface area (Å²) >= 11 is 12.2. The van der Waals surface area contributed by atoms with Crippen LogP contribution in [0.5, 0.6) is 5.75 Å². The molecule has 1 amide bonds. The minimum Gasteiger partial charge on any atom is -0.492 e. The Hall–Kier alpha value is -1.96. The van der Waals surface area contributed by atoms with Crippen molar-refractivity contribution in [3.63, 3.8) is 0 Å². The minimum atomic E-state index is -3.79. The lowest BCUT2D eigenvalue weighted by Crippen LogP contribution is -2.48. The van der Waals surface area contributed by atoms with Crippen LogP contribution < -0.4 is 14.4 Å². The van der Waals surface area contributed by atoms with Gasteiger partial charge in [-0.15, -0.1) is 0 Å². The van der Waals surface area contributed by atoms with E-state index in [9.17, 15) is 13.2 Å². The van der Waals surface area contributed by atoms with Gasteiger partial charge in [0.25, 0.3) is 0 Å². The Labute approximate surface area is 194 Å². The minimum absolute atomic E-state index is 0.0556. The van der Waals surface area contributed by atoms with Crippen LogP contribution in [-0.2, 0) is 20.2 Å². The smallest absolute Gasteiger partial charge is 0.243 e. The Bertz CT molecular complexity index is 1020. The van der Waals surface area contributed by atoms with Gasteiger partial charge in [0.15, 0.2) is 0 Å². The highest BCUT2D eigenvalue weighted by atomic mass is 35.5. The van der Waals surface area contributed by atoms with Crippen molar-refractivity contribution in [2.24, 2.45) is 0 Å². The molecule has 170 valence electrons. The van der Waals surface area contributed by atoms with Crippen LogP contribution in [0.2, 0.25) is 10.0 Å². The van der Waals surface area contributed by atoms with Crippen molar-refractivity contribution in [3.8, 4) is 5.75 Å². The number of amides is 1. The molecular formula is C22H28Cl2N2O4S. The second kappa shape index (κ2) is 10.1. The molecule has 0 spiro atoms. The standard InChI is InChI=1S/C22H28Cl2N2O4S/c1-15(26(31(5,28)29)20-14-17(23)8-11-19(20)24)21(27)25-12-13-30-18-9-6-16(7-10-18)22(2,3)4/h6-11,14-15H,12-13H2,1-5H3,(H,25,27)/t15-/m0/s1. The first kappa shape index (κ1) is 25.3. The zero-order chi connectivity index (χ0) is 23.4. The molecule has 0 aliphatic carbocycles. The summed E-state index contributed by atoms with van der Waals surface area (Å²) in [5.74, 6) is 0.215. The van der Waals surface area contributed by atoms with Gasteiger partial charge < -0.3 is 10.1 Å². The third kappa shape index (κ3) is 7.02. The van der Waals surface area contributed by atoms with Crippen molar-refractivity contribution in [1.82, 2.24) is 5.32 Å². The molecule has 1 atom stereocenters. The predicted molar refractivity (Wildman–Crippen MR) is 127 cm³/mol. The van der Waals surface area contributed by atoms with E-state index in [4.69, 9.17) is 27.9 Å². The molecule has 0 aliphatic rings. The van der Waals surface area contributed by atoms with E-state index in [2.05, 4.69) is 26.1 Å². The van der Waals surface area contributed by atoms with Crippen LogP contribution in [0.3, 0.4) is 0 Å². The number of hydrogen-bond acceptors (Lipinski definition) is 4. The molecule has 0 saturated heterocycles. The number of benzene rings is 2. The summed E-state index contributed by atoms with van der Waals surface area (Å²) < 4.78 is 31.4. The van der Waals surface area contributed by atoms with E-state index < -0.39 is 22.0 Å². The molecule has 2 aromatic rings. The van der Waals surface area contributed by atoms with Gasteiger partial charge in [-0.1, -0.05) is 56.1 Å². The average molecular weight is 487 g/mol. The average Bonchev–Trinajstić information content (AvgIpc) is 2.66. The largest absolute Gasteiger partial charge is 0.492 e. The summed E-state index contributed by atoms with van der Waals surface area (Å²) in [6.07, 6.45) is 1.01. The van der Waals surface area contributed by atoms with Gasteiger partial charge in [0.05, 0.1) is 23.5 Å². The van der Waals surface area contributed by atoms with Crippen molar-refractivity contribution in [2.45, 2.75) is 39.2 Å². The molecule has 6 nitrogen and oxygen atoms in total. The van der Waals surface area contributed by atoms with E-state index in [1.807, 2.05) is 24.3 Å². The van der Waals surface area contributed by atoms with Crippen molar-refractivity contribution in [3.05, 3.63) is 58.1 Å². The van der Waals surface area contributed by atoms with E-state index in [1.165, 1.54) is 24.6 Å². The van der Waals surface area contributed by atoms with E-state index in [1.54, 1.807) is 6.07 Å². The Morgan fingerprint density at radius 3 is 2.29 bits per heavy atom. The molecule has 2 aromatic carbocycles. The lowest BCUT2D eigenvalue weighted by atomic mass is 9.87. The Morgan fingerprint density at radius 2 is 1.74 bits per heavy atom. The summed E-state index contributed by atoms with van der Waals surface area (Å²) in [6, 6.07) is 11.2. The zero-order valence-corrected chi connectivity index (χ0v) is 20.6. The molecule has 0 aromatic heterocycles. The Kier molecular flexibility index (Phi) is 8.25. The summed E-state index contributed by atoms with van der Waals surface area (Å²) in [6.45, 7) is 8.34. The van der Waals surface area contributed by atoms with E-state index in [0.29, 0.717) is 10.8 Å². The number of nitrogens with one attached hydrogen (secondary N) is 1. The van der Waals surface area contributed by atoms with Crippen LogP contribution in [0.1, 0.15) is 33.3 Å². The number of halogens is 2. The van der Waals surface area contributed by atoms with Crippen molar-refractivity contribution in [2.75, 3.05) is 23.7 Å². The molecule has 9 heteroatoms. The van der Waals surface area contributed by atoms with Gasteiger partial charge in [-0.25, -0.2) is 8.42 Å². The van der Waals surface area contributed by atoms with Gasteiger partial charge in [0.1, 0.15) is 18.4 Å². The zero-order valence-electron chi connectivity index (χ0n) is 18.3. The maximum atomic E-state index is 12.6. The number of anilines is 1. The van der Waals surface area contributed by atoms with Gasteiger partial charge >= 0.3 is 0 Å². The fraction of sp³-hybridized carbons (Fsp3) is 0.409. The Morgan fingerprint density at radius 1 is 1.13 bits per heavy atom. The third-order valence-electron chi connectivity index (χ3n) is 4.62. The van der Waals surface area contributed by atoms with Crippen LogP contribution >= 0.6 is 23.2 Å². The highest BCUT2D eigenvalue weighted by molar-refractivity contribution is 7.92. The highest BCUT2D eigenvalue weighted by Gasteiger charge is 2.30. The fourth-order valence-corrected chi connectivity index (χ4v) is 4.58. The van der Waals surface area contributed by atoms with Crippen LogP contribution in [0.15, 0.2) is 42.5 Å². The van der Waals surface area contributed by atoms with Crippen LogP contribution in [0.25, 0.3) is 0 Å². The lowest BCUT2D eigenvalue weighted by Gasteiger charge is -2.29. The molecule has 0 radical (unpaired) electrons.